The maximum Gasteiger partial charge on any atom is 0.0785 e. The van der Waals surface area contributed by atoms with Crippen molar-refractivity contribution in [2.75, 3.05) is 19.8 Å². The van der Waals surface area contributed by atoms with Gasteiger partial charge in [0.05, 0.1) is 24.9 Å². The first-order valence-electron chi connectivity index (χ1n) is 8.22. The Morgan fingerprint density at radius 3 is 2.62 bits per heavy atom. The molecular formula is C18H29NO2. The third kappa shape index (κ3) is 4.06. The van der Waals surface area contributed by atoms with E-state index in [1.165, 1.54) is 11.1 Å². The van der Waals surface area contributed by atoms with Crippen LogP contribution < -0.4 is 5.32 Å². The first-order chi connectivity index (χ1) is 10.2. The summed E-state index contributed by atoms with van der Waals surface area (Å²) < 4.78 is 11.8. The zero-order valence-corrected chi connectivity index (χ0v) is 13.8. The SMILES string of the molecule is CCNC1c2ccccc2C(C)CC1OC(C)COCC. The summed E-state index contributed by atoms with van der Waals surface area (Å²) in [6.45, 7) is 10.9. The van der Waals surface area contributed by atoms with Gasteiger partial charge in [-0.1, -0.05) is 38.1 Å². The molecule has 2 rings (SSSR count). The molecule has 0 aliphatic heterocycles. The Labute approximate surface area is 129 Å². The lowest BCUT2D eigenvalue weighted by atomic mass is 9.79. The van der Waals surface area contributed by atoms with Crippen molar-refractivity contribution < 1.29 is 9.47 Å². The lowest BCUT2D eigenvalue weighted by Crippen LogP contribution is -2.40. The van der Waals surface area contributed by atoms with Crippen LogP contribution in [0.15, 0.2) is 24.3 Å². The van der Waals surface area contributed by atoms with Gasteiger partial charge in [0, 0.05) is 6.61 Å². The summed E-state index contributed by atoms with van der Waals surface area (Å²) in [5.41, 5.74) is 2.85. The summed E-state index contributed by atoms with van der Waals surface area (Å²) in [5, 5.41) is 3.61. The van der Waals surface area contributed by atoms with Crippen LogP contribution in [0.2, 0.25) is 0 Å². The molecule has 3 heteroatoms. The quantitative estimate of drug-likeness (QED) is 0.831. The van der Waals surface area contributed by atoms with Gasteiger partial charge in [0.1, 0.15) is 0 Å². The van der Waals surface area contributed by atoms with Gasteiger partial charge < -0.3 is 14.8 Å². The van der Waals surface area contributed by atoms with E-state index in [9.17, 15) is 0 Å². The second-order valence-corrected chi connectivity index (χ2v) is 5.95. The van der Waals surface area contributed by atoms with Crippen molar-refractivity contribution in [3.8, 4) is 0 Å². The molecule has 1 N–H and O–H groups in total. The molecule has 0 amide bonds. The summed E-state index contributed by atoms with van der Waals surface area (Å²) in [7, 11) is 0. The number of hydrogen-bond donors (Lipinski definition) is 1. The van der Waals surface area contributed by atoms with Crippen molar-refractivity contribution in [3.05, 3.63) is 35.4 Å². The van der Waals surface area contributed by atoms with Crippen LogP contribution in [0, 0.1) is 0 Å². The van der Waals surface area contributed by atoms with Crippen LogP contribution in [0.25, 0.3) is 0 Å². The maximum atomic E-state index is 6.30. The van der Waals surface area contributed by atoms with E-state index in [0.717, 1.165) is 19.6 Å². The third-order valence-electron chi connectivity index (χ3n) is 4.21. The highest BCUT2D eigenvalue weighted by Gasteiger charge is 2.34. The van der Waals surface area contributed by atoms with Gasteiger partial charge in [-0.15, -0.1) is 0 Å². The van der Waals surface area contributed by atoms with Crippen LogP contribution in [0.5, 0.6) is 0 Å². The molecule has 0 radical (unpaired) electrons. The van der Waals surface area contributed by atoms with Crippen molar-refractivity contribution in [1.29, 1.82) is 0 Å². The summed E-state index contributed by atoms with van der Waals surface area (Å²) >= 11 is 0. The molecule has 0 bridgehead atoms. The van der Waals surface area contributed by atoms with Gasteiger partial charge in [0.2, 0.25) is 0 Å². The normalized spacial score (nSPS) is 26.4. The molecule has 0 heterocycles. The van der Waals surface area contributed by atoms with Crippen LogP contribution in [-0.4, -0.2) is 32.0 Å². The number of ether oxygens (including phenoxy) is 2. The number of fused-ring (bicyclic) bond motifs is 1. The largest absolute Gasteiger partial charge is 0.379 e. The molecule has 1 aliphatic carbocycles. The Bertz CT molecular complexity index is 435. The van der Waals surface area contributed by atoms with Gasteiger partial charge in [-0.05, 0) is 43.9 Å². The summed E-state index contributed by atoms with van der Waals surface area (Å²) in [4.78, 5) is 0. The molecule has 1 aromatic carbocycles. The standard InChI is InChI=1S/C18H29NO2/c1-5-19-18-16-10-8-7-9-15(16)13(3)11-17(18)21-14(4)12-20-6-2/h7-10,13-14,17-19H,5-6,11-12H2,1-4H3. The Hall–Kier alpha value is -0.900. The van der Waals surface area contributed by atoms with Gasteiger partial charge in [0.25, 0.3) is 0 Å². The molecule has 118 valence electrons. The molecule has 3 nitrogen and oxygen atoms in total. The summed E-state index contributed by atoms with van der Waals surface area (Å²) in [6, 6.07) is 9.04. The third-order valence-corrected chi connectivity index (χ3v) is 4.21. The average Bonchev–Trinajstić information content (AvgIpc) is 2.49. The lowest BCUT2D eigenvalue weighted by molar-refractivity contribution is -0.0680. The maximum absolute atomic E-state index is 6.30. The van der Waals surface area contributed by atoms with E-state index in [1.807, 2.05) is 6.92 Å². The van der Waals surface area contributed by atoms with Crippen molar-refractivity contribution in [2.24, 2.45) is 0 Å². The number of likely N-dealkylation sites (N-methyl/N-ethyl adjacent to an activating group) is 1. The van der Waals surface area contributed by atoms with Crippen LogP contribution in [0.3, 0.4) is 0 Å². The zero-order valence-electron chi connectivity index (χ0n) is 13.8. The van der Waals surface area contributed by atoms with E-state index >= 15 is 0 Å². The topological polar surface area (TPSA) is 30.5 Å². The molecular weight excluding hydrogens is 262 g/mol. The molecule has 4 atom stereocenters. The minimum Gasteiger partial charge on any atom is -0.379 e. The number of hydrogen-bond acceptors (Lipinski definition) is 3. The van der Waals surface area contributed by atoms with Crippen molar-refractivity contribution >= 4 is 0 Å². The van der Waals surface area contributed by atoms with Gasteiger partial charge >= 0.3 is 0 Å². The number of nitrogens with one attached hydrogen (secondary N) is 1. The highest BCUT2D eigenvalue weighted by molar-refractivity contribution is 5.36. The molecule has 0 spiro atoms. The van der Waals surface area contributed by atoms with Gasteiger partial charge in [-0.25, -0.2) is 0 Å². The molecule has 1 aromatic rings. The summed E-state index contributed by atoms with van der Waals surface area (Å²) in [5.74, 6) is 0.542. The van der Waals surface area contributed by atoms with E-state index in [2.05, 4.69) is 50.4 Å². The molecule has 0 fully saturated rings. The van der Waals surface area contributed by atoms with Crippen LogP contribution >= 0.6 is 0 Å². The van der Waals surface area contributed by atoms with Crippen LogP contribution in [-0.2, 0) is 9.47 Å². The average molecular weight is 291 g/mol. The first-order valence-corrected chi connectivity index (χ1v) is 8.22. The molecule has 4 unspecified atom stereocenters. The fourth-order valence-electron chi connectivity index (χ4n) is 3.27. The van der Waals surface area contributed by atoms with E-state index in [4.69, 9.17) is 9.47 Å². The van der Waals surface area contributed by atoms with Crippen molar-refractivity contribution in [2.45, 2.75) is 58.3 Å². The van der Waals surface area contributed by atoms with Gasteiger partial charge in [0.15, 0.2) is 0 Å². The monoisotopic (exact) mass is 291 g/mol. The van der Waals surface area contributed by atoms with Gasteiger partial charge in [-0.2, -0.15) is 0 Å². The summed E-state index contributed by atoms with van der Waals surface area (Å²) in [6.07, 6.45) is 1.41. The minimum absolute atomic E-state index is 0.133. The van der Waals surface area contributed by atoms with Crippen molar-refractivity contribution in [3.63, 3.8) is 0 Å². The fourth-order valence-corrected chi connectivity index (χ4v) is 3.27. The molecule has 0 saturated heterocycles. The van der Waals surface area contributed by atoms with Crippen molar-refractivity contribution in [1.82, 2.24) is 5.32 Å². The molecule has 21 heavy (non-hydrogen) atoms. The molecule has 0 saturated carbocycles. The zero-order chi connectivity index (χ0) is 15.2. The van der Waals surface area contributed by atoms with Crippen LogP contribution in [0.1, 0.15) is 57.2 Å². The van der Waals surface area contributed by atoms with Crippen LogP contribution in [0.4, 0.5) is 0 Å². The Balaban J connectivity index is 2.14. The highest BCUT2D eigenvalue weighted by Crippen LogP contribution is 2.39. The Morgan fingerprint density at radius 1 is 1.24 bits per heavy atom. The van der Waals surface area contributed by atoms with E-state index in [1.54, 1.807) is 0 Å². The highest BCUT2D eigenvalue weighted by atomic mass is 16.5. The Kier molecular flexibility index (Phi) is 6.22. The molecule has 1 aliphatic rings. The minimum atomic E-state index is 0.133. The fraction of sp³-hybridized carbons (Fsp3) is 0.667. The number of rotatable bonds is 7. The van der Waals surface area contributed by atoms with E-state index in [-0.39, 0.29) is 18.2 Å². The predicted molar refractivity (Wildman–Crippen MR) is 86.7 cm³/mol. The lowest BCUT2D eigenvalue weighted by Gasteiger charge is -2.38. The number of benzene rings is 1. The second-order valence-electron chi connectivity index (χ2n) is 5.95. The second kappa shape index (κ2) is 7.92. The van der Waals surface area contributed by atoms with E-state index < -0.39 is 0 Å². The molecule has 0 aromatic heterocycles. The Morgan fingerprint density at radius 2 is 1.95 bits per heavy atom. The first kappa shape index (κ1) is 16.5. The van der Waals surface area contributed by atoms with E-state index in [0.29, 0.717) is 12.5 Å². The smallest absolute Gasteiger partial charge is 0.0785 e. The predicted octanol–water partition coefficient (Wildman–Crippen LogP) is 3.65. The van der Waals surface area contributed by atoms with Gasteiger partial charge in [-0.3, -0.25) is 0 Å².